The lowest BCUT2D eigenvalue weighted by atomic mass is 9.83. The van der Waals surface area contributed by atoms with E-state index < -0.39 is 0 Å². The Kier molecular flexibility index (Phi) is 8.00. The van der Waals surface area contributed by atoms with Gasteiger partial charge in [-0.3, -0.25) is 4.57 Å². The molecule has 1 aliphatic carbocycles. The smallest absolute Gasteiger partial charge is 0.145 e. The number of aromatic nitrogens is 2. The summed E-state index contributed by atoms with van der Waals surface area (Å²) in [5.74, 6) is 0.301. The van der Waals surface area contributed by atoms with Crippen LogP contribution in [0, 0.1) is 0 Å². The highest BCUT2D eigenvalue weighted by Crippen LogP contribution is 2.45. The number of allylic oxidation sites excluding steroid dienone is 4. The minimum atomic E-state index is 0.301. The fourth-order valence-electron chi connectivity index (χ4n) is 9.08. The number of nitrogens with zero attached hydrogens (tertiary/aromatic N) is 2. The number of hydrogen-bond acceptors (Lipinski definition) is 1. The lowest BCUT2D eigenvalue weighted by Gasteiger charge is -2.20. The molecule has 2 nitrogen and oxygen atoms in total. The van der Waals surface area contributed by atoms with Crippen molar-refractivity contribution < 1.29 is 0 Å². The van der Waals surface area contributed by atoms with Crippen LogP contribution < -0.4 is 0 Å². The van der Waals surface area contributed by atoms with Crippen molar-refractivity contribution in [1.82, 2.24) is 9.55 Å². The summed E-state index contributed by atoms with van der Waals surface area (Å²) in [4.78, 5) is 4.81. The first-order valence-electron chi connectivity index (χ1n) is 19.8. The number of hydrogen-bond donors (Lipinski definition) is 0. The normalized spacial score (nSPS) is 14.1. The molecule has 0 bridgehead atoms. The highest BCUT2D eigenvalue weighted by Gasteiger charge is 2.20. The van der Waals surface area contributed by atoms with Crippen LogP contribution in [0.4, 0.5) is 0 Å². The van der Waals surface area contributed by atoms with E-state index in [1.165, 1.54) is 77.0 Å². The molecule has 57 heavy (non-hydrogen) atoms. The van der Waals surface area contributed by atoms with Crippen LogP contribution in [0.5, 0.6) is 0 Å². The molecule has 0 N–H and O–H groups in total. The van der Waals surface area contributed by atoms with E-state index in [0.717, 1.165) is 28.7 Å². The molecule has 0 radical (unpaired) electrons. The topological polar surface area (TPSA) is 17.8 Å². The van der Waals surface area contributed by atoms with Gasteiger partial charge >= 0.3 is 0 Å². The zero-order valence-electron chi connectivity index (χ0n) is 31.4. The second-order valence-corrected chi connectivity index (χ2v) is 15.1. The average Bonchev–Trinajstić information content (AvgIpc) is 3.62. The van der Waals surface area contributed by atoms with E-state index in [9.17, 15) is 0 Å². The maximum atomic E-state index is 4.81. The van der Waals surface area contributed by atoms with Gasteiger partial charge in [-0.1, -0.05) is 164 Å². The van der Waals surface area contributed by atoms with E-state index in [1.807, 2.05) is 12.3 Å². The zero-order chi connectivity index (χ0) is 37.7. The predicted molar refractivity (Wildman–Crippen MR) is 241 cm³/mol. The largest absolute Gasteiger partial charge is 0.294 e. The molecule has 1 unspecified atom stereocenters. The molecule has 0 aliphatic heterocycles. The first-order chi connectivity index (χ1) is 28.3. The van der Waals surface area contributed by atoms with Crippen LogP contribution in [0.2, 0.25) is 0 Å². The molecule has 0 spiro atoms. The van der Waals surface area contributed by atoms with Gasteiger partial charge in [-0.05, 0) is 121 Å². The number of pyridine rings is 1. The monoisotopic (exact) mass is 726 g/mol. The van der Waals surface area contributed by atoms with Crippen LogP contribution in [0.25, 0.3) is 88.1 Å². The summed E-state index contributed by atoms with van der Waals surface area (Å²) >= 11 is 0. The lowest BCUT2D eigenvalue weighted by molar-refractivity contribution is 0.857. The number of benzene rings is 8. The van der Waals surface area contributed by atoms with E-state index in [0.29, 0.717) is 5.92 Å². The molecule has 8 aromatic carbocycles. The van der Waals surface area contributed by atoms with Gasteiger partial charge in [0.1, 0.15) is 5.65 Å². The Morgan fingerprint density at radius 1 is 0.439 bits per heavy atom. The molecular weight excluding hydrogens is 689 g/mol. The molecule has 2 heteroatoms. The molecule has 1 atom stereocenters. The summed E-state index contributed by atoms with van der Waals surface area (Å²) in [6.07, 6.45) is 9.99. The summed E-state index contributed by atoms with van der Waals surface area (Å²) < 4.78 is 2.27. The first kappa shape index (κ1) is 33.1. The maximum absolute atomic E-state index is 4.81. The predicted octanol–water partition coefficient (Wildman–Crippen LogP) is 14.6. The SMILES string of the molecule is C1=CC(c2cccc(-c3ccc4c(c3)c3cccnc3n4-c3ccccc3)c2)CC=C1c1ccc2c(-c3ccccc3)c3ccccc3c(-c3ccccc3)c2c1. The van der Waals surface area contributed by atoms with Crippen LogP contribution in [0.15, 0.2) is 212 Å². The van der Waals surface area contributed by atoms with Crippen molar-refractivity contribution in [3.63, 3.8) is 0 Å². The number of fused-ring (bicyclic) bond motifs is 5. The van der Waals surface area contributed by atoms with Gasteiger partial charge in [-0.2, -0.15) is 0 Å². The summed E-state index contributed by atoms with van der Waals surface area (Å²) in [5, 5.41) is 7.48. The number of para-hydroxylation sites is 1. The average molecular weight is 727 g/mol. The summed E-state index contributed by atoms with van der Waals surface area (Å²) in [5.41, 5.74) is 14.6. The van der Waals surface area contributed by atoms with E-state index in [-0.39, 0.29) is 0 Å². The quantitative estimate of drug-likeness (QED) is 0.156. The highest BCUT2D eigenvalue weighted by atomic mass is 15.0. The van der Waals surface area contributed by atoms with Gasteiger partial charge in [0, 0.05) is 28.6 Å². The Labute approximate surface area is 332 Å². The van der Waals surface area contributed by atoms with Crippen molar-refractivity contribution >= 4 is 49.1 Å². The standard InChI is InChI=1S/C55H38N2/c1-4-14-39(15-5-1)53-46-22-10-11-23-47(46)54(40-16-6-2-7-17-40)51-36-43(29-31-48(51)53)38-27-25-37(26-28-38)41-18-12-19-42(34-41)44-30-32-52-50(35-44)49-24-13-33-56-55(49)57(52)45-20-8-3-9-21-45/h1-25,27-37H,26H2. The van der Waals surface area contributed by atoms with Crippen molar-refractivity contribution in [2.24, 2.45) is 0 Å². The zero-order valence-corrected chi connectivity index (χ0v) is 31.4. The fourth-order valence-corrected chi connectivity index (χ4v) is 9.08. The lowest BCUT2D eigenvalue weighted by Crippen LogP contribution is -1.99. The molecular formula is C55H38N2. The van der Waals surface area contributed by atoms with E-state index >= 15 is 0 Å². The van der Waals surface area contributed by atoms with Crippen molar-refractivity contribution in [3.05, 3.63) is 224 Å². The van der Waals surface area contributed by atoms with Gasteiger partial charge in [0.15, 0.2) is 0 Å². The Morgan fingerprint density at radius 2 is 1.04 bits per heavy atom. The molecule has 0 amide bonds. The third-order valence-electron chi connectivity index (χ3n) is 11.8. The summed E-state index contributed by atoms with van der Waals surface area (Å²) in [7, 11) is 0. The minimum Gasteiger partial charge on any atom is -0.294 e. The van der Waals surface area contributed by atoms with Gasteiger partial charge in [-0.25, -0.2) is 4.98 Å². The molecule has 10 aromatic rings. The van der Waals surface area contributed by atoms with Crippen LogP contribution in [-0.2, 0) is 0 Å². The van der Waals surface area contributed by atoms with Gasteiger partial charge < -0.3 is 0 Å². The highest BCUT2D eigenvalue weighted by molar-refractivity contribution is 6.21. The molecule has 0 saturated carbocycles. The molecule has 2 heterocycles. The van der Waals surface area contributed by atoms with Crippen molar-refractivity contribution in [3.8, 4) is 39.1 Å². The Hall–Kier alpha value is -7.29. The van der Waals surface area contributed by atoms with Gasteiger partial charge in [0.2, 0.25) is 0 Å². The van der Waals surface area contributed by atoms with Gasteiger partial charge in [0.25, 0.3) is 0 Å². The minimum absolute atomic E-state index is 0.301. The Morgan fingerprint density at radius 3 is 1.75 bits per heavy atom. The molecule has 1 aliphatic rings. The second kappa shape index (κ2) is 13.8. The Bertz CT molecular complexity index is 3190. The van der Waals surface area contributed by atoms with Crippen molar-refractivity contribution in [2.45, 2.75) is 12.3 Å². The van der Waals surface area contributed by atoms with Crippen LogP contribution in [0.1, 0.15) is 23.5 Å². The van der Waals surface area contributed by atoms with Gasteiger partial charge in [0.05, 0.1) is 5.52 Å². The maximum Gasteiger partial charge on any atom is 0.145 e. The van der Waals surface area contributed by atoms with Crippen molar-refractivity contribution in [1.29, 1.82) is 0 Å². The summed E-state index contributed by atoms with van der Waals surface area (Å²) in [6.45, 7) is 0. The number of rotatable bonds is 6. The van der Waals surface area contributed by atoms with Gasteiger partial charge in [-0.15, -0.1) is 0 Å². The molecule has 0 saturated heterocycles. The molecule has 0 fully saturated rings. The van der Waals surface area contributed by atoms with E-state index in [1.54, 1.807) is 0 Å². The fraction of sp³-hybridized carbons (Fsp3) is 0.0364. The Balaban J connectivity index is 0.952. The van der Waals surface area contributed by atoms with Crippen LogP contribution >= 0.6 is 0 Å². The van der Waals surface area contributed by atoms with Crippen molar-refractivity contribution in [2.75, 3.05) is 0 Å². The third-order valence-corrected chi connectivity index (χ3v) is 11.8. The second-order valence-electron chi connectivity index (χ2n) is 15.1. The van der Waals surface area contributed by atoms with E-state index in [4.69, 9.17) is 4.98 Å². The summed E-state index contributed by atoms with van der Waals surface area (Å²) in [6, 6.07) is 68.4. The molecule has 2 aromatic heterocycles. The van der Waals surface area contributed by atoms with E-state index in [2.05, 4.69) is 205 Å². The van der Waals surface area contributed by atoms with Crippen LogP contribution in [0.3, 0.4) is 0 Å². The molecule has 11 rings (SSSR count). The third kappa shape index (κ3) is 5.69. The first-order valence-corrected chi connectivity index (χ1v) is 19.8. The van der Waals surface area contributed by atoms with Crippen LogP contribution in [-0.4, -0.2) is 9.55 Å². The molecule has 268 valence electrons.